The van der Waals surface area contributed by atoms with Crippen LogP contribution in [0.1, 0.15) is 33.3 Å². The molecule has 0 bridgehead atoms. The summed E-state index contributed by atoms with van der Waals surface area (Å²) in [5.41, 5.74) is 1.74. The molecule has 0 aliphatic carbocycles. The van der Waals surface area contributed by atoms with Gasteiger partial charge in [-0.2, -0.15) is 0 Å². The molecule has 0 aromatic heterocycles. The molecule has 2 rings (SSSR count). The Kier molecular flexibility index (Phi) is 4.40. The molecule has 0 radical (unpaired) electrons. The van der Waals surface area contributed by atoms with Gasteiger partial charge in [0.1, 0.15) is 5.75 Å². The number of hydrogen-bond acceptors (Lipinski definition) is 3. The van der Waals surface area contributed by atoms with Crippen molar-refractivity contribution in [1.29, 1.82) is 0 Å². The largest absolute Gasteiger partial charge is 0.497 e. The second-order valence-corrected chi connectivity index (χ2v) is 7.20. The second-order valence-electron chi connectivity index (χ2n) is 7.20. The Hall–Kier alpha value is -1.06. The van der Waals surface area contributed by atoms with Crippen LogP contribution in [0.3, 0.4) is 0 Å². The molecule has 0 unspecified atom stereocenters. The minimum absolute atomic E-state index is 0.182. The zero-order valence-corrected chi connectivity index (χ0v) is 13.5. The van der Waals surface area contributed by atoms with Crippen molar-refractivity contribution in [3.8, 4) is 5.75 Å². The molecule has 0 saturated carbocycles. The molecule has 1 aliphatic heterocycles. The first-order chi connectivity index (χ1) is 9.30. The van der Waals surface area contributed by atoms with Crippen molar-refractivity contribution in [3.05, 3.63) is 29.8 Å². The molecule has 1 aromatic carbocycles. The van der Waals surface area contributed by atoms with Gasteiger partial charge in [-0.1, -0.05) is 12.1 Å². The fourth-order valence-corrected chi connectivity index (χ4v) is 3.41. The smallest absolute Gasteiger partial charge is 0.118 e. The van der Waals surface area contributed by atoms with Crippen molar-refractivity contribution >= 4 is 0 Å². The maximum atomic E-state index is 5.20. The summed E-state index contributed by atoms with van der Waals surface area (Å²) in [6.45, 7) is 12.5. The van der Waals surface area contributed by atoms with E-state index in [1.807, 2.05) is 12.1 Å². The molecule has 1 fully saturated rings. The van der Waals surface area contributed by atoms with Gasteiger partial charge in [-0.25, -0.2) is 0 Å². The van der Waals surface area contributed by atoms with E-state index in [0.717, 1.165) is 31.8 Å². The summed E-state index contributed by atoms with van der Waals surface area (Å²) in [7, 11) is 1.71. The van der Waals surface area contributed by atoms with E-state index in [4.69, 9.17) is 4.74 Å². The summed E-state index contributed by atoms with van der Waals surface area (Å²) in [4.78, 5) is 2.57. The van der Waals surface area contributed by atoms with E-state index >= 15 is 0 Å². The minimum atomic E-state index is 0.182. The van der Waals surface area contributed by atoms with Gasteiger partial charge in [0.25, 0.3) is 0 Å². The van der Waals surface area contributed by atoms with Crippen molar-refractivity contribution in [2.75, 3.05) is 26.7 Å². The first-order valence-corrected chi connectivity index (χ1v) is 7.44. The monoisotopic (exact) mass is 276 g/mol. The van der Waals surface area contributed by atoms with Crippen molar-refractivity contribution in [1.82, 2.24) is 10.2 Å². The predicted molar refractivity (Wildman–Crippen MR) is 84.4 cm³/mol. The van der Waals surface area contributed by atoms with Gasteiger partial charge in [-0.15, -0.1) is 0 Å². The number of nitrogens with one attached hydrogen (secondary N) is 1. The van der Waals surface area contributed by atoms with Crippen LogP contribution in [0.15, 0.2) is 24.3 Å². The minimum Gasteiger partial charge on any atom is -0.497 e. The van der Waals surface area contributed by atoms with E-state index in [9.17, 15) is 0 Å². The Balaban J connectivity index is 1.92. The molecule has 0 amide bonds. The molecule has 1 saturated heterocycles. The summed E-state index contributed by atoms with van der Waals surface area (Å²) in [5, 5.41) is 3.72. The van der Waals surface area contributed by atoms with Crippen LogP contribution in [-0.4, -0.2) is 42.7 Å². The number of benzene rings is 1. The number of rotatable bonds is 4. The first-order valence-electron chi connectivity index (χ1n) is 7.44. The van der Waals surface area contributed by atoms with Gasteiger partial charge < -0.3 is 10.1 Å². The number of piperazine rings is 1. The van der Waals surface area contributed by atoms with Gasteiger partial charge in [0.05, 0.1) is 7.11 Å². The van der Waals surface area contributed by atoms with Crippen LogP contribution in [0.5, 0.6) is 5.75 Å². The highest BCUT2D eigenvalue weighted by atomic mass is 16.5. The van der Waals surface area contributed by atoms with Crippen molar-refractivity contribution in [2.45, 2.75) is 45.2 Å². The Bertz CT molecular complexity index is 421. The lowest BCUT2D eigenvalue weighted by atomic mass is 9.91. The zero-order valence-electron chi connectivity index (χ0n) is 13.5. The number of hydrogen-bond donors (Lipinski definition) is 1. The molecule has 0 spiro atoms. The van der Waals surface area contributed by atoms with E-state index < -0.39 is 0 Å². The number of nitrogens with zero attached hydrogens (tertiary/aromatic N) is 1. The molecular weight excluding hydrogens is 248 g/mol. The van der Waals surface area contributed by atoms with E-state index in [-0.39, 0.29) is 11.1 Å². The Labute approximate surface area is 123 Å². The number of methoxy groups -OCH3 is 1. The lowest BCUT2D eigenvalue weighted by Crippen LogP contribution is -2.66. The third kappa shape index (κ3) is 4.22. The maximum absolute atomic E-state index is 5.20. The quantitative estimate of drug-likeness (QED) is 0.915. The fourth-order valence-electron chi connectivity index (χ4n) is 3.41. The summed E-state index contributed by atoms with van der Waals surface area (Å²) >= 11 is 0. The average Bonchev–Trinajstić information content (AvgIpc) is 2.33. The molecular formula is C17H28N2O. The maximum Gasteiger partial charge on any atom is 0.118 e. The molecule has 20 heavy (non-hydrogen) atoms. The zero-order chi connectivity index (χ0) is 14.8. The molecule has 1 aliphatic rings. The van der Waals surface area contributed by atoms with Gasteiger partial charge in [-0.3, -0.25) is 4.90 Å². The molecule has 112 valence electrons. The Morgan fingerprint density at radius 3 is 2.10 bits per heavy atom. The molecule has 3 heteroatoms. The first kappa shape index (κ1) is 15.3. The highest BCUT2D eigenvalue weighted by Crippen LogP contribution is 2.21. The summed E-state index contributed by atoms with van der Waals surface area (Å²) < 4.78 is 5.20. The Morgan fingerprint density at radius 1 is 1.05 bits per heavy atom. The normalized spacial score (nSPS) is 21.6. The standard InChI is InChI=1S/C17H28N2O/c1-16(2)12-19(13-17(3,4)18-16)11-10-14-6-8-15(20-5)9-7-14/h6-9,18H,10-13H2,1-5H3. The van der Waals surface area contributed by atoms with Crippen molar-refractivity contribution in [2.24, 2.45) is 0 Å². The highest BCUT2D eigenvalue weighted by molar-refractivity contribution is 5.27. The lowest BCUT2D eigenvalue weighted by Gasteiger charge is -2.48. The Morgan fingerprint density at radius 2 is 1.60 bits per heavy atom. The van der Waals surface area contributed by atoms with Gasteiger partial charge >= 0.3 is 0 Å². The van der Waals surface area contributed by atoms with Gasteiger partial charge in [0.2, 0.25) is 0 Å². The van der Waals surface area contributed by atoms with E-state index in [1.54, 1.807) is 7.11 Å². The van der Waals surface area contributed by atoms with Crippen molar-refractivity contribution < 1.29 is 4.74 Å². The van der Waals surface area contributed by atoms with Crippen LogP contribution in [0.4, 0.5) is 0 Å². The molecule has 1 N–H and O–H groups in total. The topological polar surface area (TPSA) is 24.5 Å². The molecule has 0 atom stereocenters. The van der Waals surface area contributed by atoms with Crippen molar-refractivity contribution in [3.63, 3.8) is 0 Å². The van der Waals surface area contributed by atoms with Crippen LogP contribution in [0.2, 0.25) is 0 Å². The second kappa shape index (κ2) is 5.74. The van der Waals surface area contributed by atoms with Gasteiger partial charge in [0.15, 0.2) is 0 Å². The van der Waals surface area contributed by atoms with Gasteiger partial charge in [0, 0.05) is 30.7 Å². The van der Waals surface area contributed by atoms with E-state index in [0.29, 0.717) is 0 Å². The SMILES string of the molecule is COc1ccc(CCN2CC(C)(C)NC(C)(C)C2)cc1. The lowest BCUT2D eigenvalue weighted by molar-refractivity contribution is 0.0792. The molecule has 1 heterocycles. The average molecular weight is 276 g/mol. The molecule has 3 nitrogen and oxygen atoms in total. The van der Waals surface area contributed by atoms with Crippen LogP contribution < -0.4 is 10.1 Å². The van der Waals surface area contributed by atoms with Crippen LogP contribution in [0, 0.1) is 0 Å². The van der Waals surface area contributed by atoms with Crippen LogP contribution in [0.25, 0.3) is 0 Å². The third-order valence-electron chi connectivity index (χ3n) is 3.79. The molecule has 1 aromatic rings. The fraction of sp³-hybridized carbons (Fsp3) is 0.647. The van der Waals surface area contributed by atoms with E-state index in [2.05, 4.69) is 50.0 Å². The van der Waals surface area contributed by atoms with Crippen LogP contribution >= 0.6 is 0 Å². The highest BCUT2D eigenvalue weighted by Gasteiger charge is 2.35. The third-order valence-corrected chi connectivity index (χ3v) is 3.79. The summed E-state index contributed by atoms with van der Waals surface area (Å²) in [6.07, 6.45) is 1.09. The van der Waals surface area contributed by atoms with Gasteiger partial charge in [-0.05, 0) is 51.8 Å². The van der Waals surface area contributed by atoms with E-state index in [1.165, 1.54) is 5.56 Å². The number of ether oxygens (including phenoxy) is 1. The summed E-state index contributed by atoms with van der Waals surface area (Å²) in [5.74, 6) is 0.929. The summed E-state index contributed by atoms with van der Waals surface area (Å²) in [6, 6.07) is 8.41. The van der Waals surface area contributed by atoms with Crippen LogP contribution in [-0.2, 0) is 6.42 Å². The predicted octanol–water partition coefficient (Wildman–Crippen LogP) is 2.70.